The molecule has 12 heteroatoms. The van der Waals surface area contributed by atoms with E-state index in [0.717, 1.165) is 22.4 Å². The van der Waals surface area contributed by atoms with Gasteiger partial charge in [-0.05, 0) is 83.3 Å². The summed E-state index contributed by atoms with van der Waals surface area (Å²) in [5.41, 5.74) is 3.40. The van der Waals surface area contributed by atoms with E-state index < -0.39 is 17.3 Å². The molecule has 0 unspecified atom stereocenters. The SMILES string of the molecule is Cc1cc(-c2cc(Cl)ccc2OCCn2c(C)nc3c(c2=O)C[C@@H](N2CCC4(CC2)CC4(F)F)CC3)c2scc(C(=O)O)c2n1. The van der Waals surface area contributed by atoms with Crippen LogP contribution in [0.15, 0.2) is 34.4 Å². The number of likely N-dealkylation sites (tertiary alicyclic amines) is 1. The number of aryl methyl sites for hydroxylation is 3. The van der Waals surface area contributed by atoms with E-state index in [1.807, 2.05) is 19.9 Å². The molecule has 4 aromatic rings. The van der Waals surface area contributed by atoms with Gasteiger partial charge in [-0.2, -0.15) is 0 Å². The van der Waals surface area contributed by atoms with E-state index in [2.05, 4.69) is 9.88 Å². The fourth-order valence-electron chi connectivity index (χ4n) is 7.20. The number of piperidine rings is 1. The summed E-state index contributed by atoms with van der Waals surface area (Å²) in [5, 5.41) is 11.7. The number of hydrogen-bond acceptors (Lipinski definition) is 7. The molecule has 1 N–H and O–H groups in total. The Kier molecular flexibility index (Phi) is 7.49. The van der Waals surface area contributed by atoms with Crippen molar-refractivity contribution in [1.82, 2.24) is 19.4 Å². The first-order valence-electron chi connectivity index (χ1n) is 15.2. The number of alkyl halides is 2. The summed E-state index contributed by atoms with van der Waals surface area (Å²) in [6.07, 6.45) is 3.19. The summed E-state index contributed by atoms with van der Waals surface area (Å²) in [7, 11) is 0. The van der Waals surface area contributed by atoms with E-state index in [-0.39, 0.29) is 36.7 Å². The smallest absolute Gasteiger partial charge is 0.338 e. The molecule has 2 aliphatic carbocycles. The molecule has 45 heavy (non-hydrogen) atoms. The second-order valence-electron chi connectivity index (χ2n) is 12.6. The number of ether oxygens (including phenoxy) is 1. The van der Waals surface area contributed by atoms with Crippen molar-refractivity contribution in [1.29, 1.82) is 0 Å². The zero-order valence-corrected chi connectivity index (χ0v) is 26.6. The quantitative estimate of drug-likeness (QED) is 0.242. The van der Waals surface area contributed by atoms with Crippen LogP contribution in [0.25, 0.3) is 21.3 Å². The van der Waals surface area contributed by atoms with Gasteiger partial charge in [-0.1, -0.05) is 11.6 Å². The number of aromatic carboxylic acids is 1. The minimum Gasteiger partial charge on any atom is -0.491 e. The van der Waals surface area contributed by atoms with Gasteiger partial charge in [0, 0.05) is 50.7 Å². The van der Waals surface area contributed by atoms with Crippen LogP contribution in [0, 0.1) is 19.3 Å². The molecular weight excluding hydrogens is 622 g/mol. The Bertz CT molecular complexity index is 1900. The largest absolute Gasteiger partial charge is 0.491 e. The van der Waals surface area contributed by atoms with Gasteiger partial charge in [0.25, 0.3) is 11.5 Å². The minimum atomic E-state index is -2.51. The number of nitrogens with zero attached hydrogens (tertiary/aromatic N) is 4. The lowest BCUT2D eigenvalue weighted by atomic mass is 9.87. The summed E-state index contributed by atoms with van der Waals surface area (Å²) < 4.78 is 36.4. The predicted octanol–water partition coefficient (Wildman–Crippen LogP) is 6.55. The minimum absolute atomic E-state index is 0.0149. The molecule has 4 heterocycles. The number of fused-ring (bicyclic) bond motifs is 2. The van der Waals surface area contributed by atoms with Crippen molar-refractivity contribution >= 4 is 39.1 Å². The Labute approximate surface area is 267 Å². The van der Waals surface area contributed by atoms with Crippen molar-refractivity contribution < 1.29 is 23.4 Å². The average molecular weight is 655 g/mol. The Morgan fingerprint density at radius 2 is 1.93 bits per heavy atom. The maximum atomic E-state index is 13.9. The Balaban J connectivity index is 1.10. The lowest BCUT2D eigenvalue weighted by molar-refractivity contribution is 0.0204. The van der Waals surface area contributed by atoms with Gasteiger partial charge in [-0.15, -0.1) is 11.3 Å². The zero-order valence-electron chi connectivity index (χ0n) is 25.0. The summed E-state index contributed by atoms with van der Waals surface area (Å²) >= 11 is 7.70. The second-order valence-corrected chi connectivity index (χ2v) is 13.9. The van der Waals surface area contributed by atoms with E-state index in [1.165, 1.54) is 11.3 Å². The number of aromatic nitrogens is 3. The molecule has 8 nitrogen and oxygen atoms in total. The van der Waals surface area contributed by atoms with Gasteiger partial charge in [-0.25, -0.2) is 18.6 Å². The van der Waals surface area contributed by atoms with Crippen molar-refractivity contribution in [2.75, 3.05) is 19.7 Å². The van der Waals surface area contributed by atoms with Crippen LogP contribution in [0.4, 0.5) is 8.78 Å². The molecule has 1 saturated heterocycles. The number of pyridine rings is 1. The third kappa shape index (κ3) is 5.32. The van der Waals surface area contributed by atoms with E-state index in [4.69, 9.17) is 21.3 Å². The molecule has 0 bridgehead atoms. The topological polar surface area (TPSA) is 97.6 Å². The Morgan fingerprint density at radius 3 is 2.64 bits per heavy atom. The van der Waals surface area contributed by atoms with E-state index in [9.17, 15) is 23.5 Å². The highest BCUT2D eigenvalue weighted by Gasteiger charge is 2.70. The van der Waals surface area contributed by atoms with Crippen molar-refractivity contribution in [2.24, 2.45) is 5.41 Å². The molecule has 1 aliphatic heterocycles. The van der Waals surface area contributed by atoms with Crippen LogP contribution in [0.3, 0.4) is 0 Å². The van der Waals surface area contributed by atoms with Gasteiger partial charge in [0.1, 0.15) is 18.2 Å². The average Bonchev–Trinajstić information content (AvgIpc) is 3.29. The number of thiophene rings is 1. The van der Waals surface area contributed by atoms with Crippen molar-refractivity contribution in [3.8, 4) is 16.9 Å². The van der Waals surface area contributed by atoms with Gasteiger partial charge < -0.3 is 9.84 Å². The van der Waals surface area contributed by atoms with Crippen LogP contribution in [0.2, 0.25) is 5.02 Å². The maximum Gasteiger partial charge on any atom is 0.338 e. The standard InChI is InChI=1S/C33H33ClF2N4O4S/c1-18-13-23(29-28(37-18)25(16-45-29)31(42)43)22-14-20(34)3-6-27(22)44-12-11-40-19(2)38-26-5-4-21(15-24(26)30(40)41)39-9-7-32(8-10-39)17-33(32,35)36/h3,6,13-14,16,21H,4-5,7-12,15,17H2,1-2H3,(H,42,43)/t21-/m0/s1. The first kappa shape index (κ1) is 30.3. The van der Waals surface area contributed by atoms with Gasteiger partial charge in [0.15, 0.2) is 0 Å². The van der Waals surface area contributed by atoms with Gasteiger partial charge in [0.05, 0.1) is 28.0 Å². The maximum absolute atomic E-state index is 13.9. The zero-order chi connectivity index (χ0) is 31.7. The van der Waals surface area contributed by atoms with Crippen molar-refractivity contribution in [3.63, 3.8) is 0 Å². The highest BCUT2D eigenvalue weighted by molar-refractivity contribution is 7.18. The molecule has 1 saturated carbocycles. The van der Waals surface area contributed by atoms with E-state index >= 15 is 0 Å². The first-order valence-corrected chi connectivity index (χ1v) is 16.5. The molecule has 1 aromatic carbocycles. The molecule has 1 atom stereocenters. The fourth-order valence-corrected chi connectivity index (χ4v) is 8.38. The molecule has 1 spiro atoms. The number of carbonyl (C=O) groups is 1. The number of halogens is 3. The lowest BCUT2D eigenvalue weighted by Gasteiger charge is -2.39. The Hall–Kier alpha value is -3.41. The van der Waals surface area contributed by atoms with E-state index in [1.54, 1.807) is 28.1 Å². The van der Waals surface area contributed by atoms with E-state index in [0.29, 0.717) is 77.7 Å². The summed E-state index contributed by atoms with van der Waals surface area (Å²) in [4.78, 5) is 37.1. The van der Waals surface area contributed by atoms with Crippen molar-refractivity contribution in [3.05, 3.63) is 73.4 Å². The molecule has 3 aliphatic rings. The first-order chi connectivity index (χ1) is 21.5. The Morgan fingerprint density at radius 1 is 1.18 bits per heavy atom. The third-order valence-electron chi connectivity index (χ3n) is 9.86. The van der Waals surface area contributed by atoms with Crippen LogP contribution in [0.5, 0.6) is 5.75 Å². The number of carboxylic acid groups (broad SMARTS) is 1. The lowest BCUT2D eigenvalue weighted by Crippen LogP contribution is -2.47. The van der Waals surface area contributed by atoms with Gasteiger partial charge >= 0.3 is 5.97 Å². The predicted molar refractivity (Wildman–Crippen MR) is 169 cm³/mol. The van der Waals surface area contributed by atoms with Crippen LogP contribution in [-0.4, -0.2) is 62.2 Å². The van der Waals surface area contributed by atoms with Gasteiger partial charge in [0.2, 0.25) is 0 Å². The molecule has 0 radical (unpaired) electrons. The molecule has 3 aromatic heterocycles. The summed E-state index contributed by atoms with van der Waals surface area (Å²) in [5.74, 6) is -2.37. The monoisotopic (exact) mass is 654 g/mol. The van der Waals surface area contributed by atoms with Crippen molar-refractivity contribution in [2.45, 2.75) is 70.9 Å². The van der Waals surface area contributed by atoms with Gasteiger partial charge in [-0.3, -0.25) is 19.2 Å². The number of carboxylic acids is 1. The second kappa shape index (κ2) is 11.1. The third-order valence-corrected chi connectivity index (χ3v) is 11.1. The van der Waals surface area contributed by atoms with Crippen LogP contribution in [-0.2, 0) is 19.4 Å². The normalized spacial score (nSPS) is 20.3. The molecule has 236 valence electrons. The highest BCUT2D eigenvalue weighted by atomic mass is 35.5. The summed E-state index contributed by atoms with van der Waals surface area (Å²) in [6, 6.07) is 7.33. The van der Waals surface area contributed by atoms with Crippen LogP contribution < -0.4 is 10.3 Å². The van der Waals surface area contributed by atoms with Crippen LogP contribution in [0.1, 0.15) is 58.8 Å². The molecule has 7 rings (SSSR count). The highest BCUT2D eigenvalue weighted by Crippen LogP contribution is 2.66. The molecular formula is C33H33ClF2N4O4S. The molecule has 0 amide bonds. The fraction of sp³-hybridized carbons (Fsp3) is 0.455. The number of hydrogen-bond donors (Lipinski definition) is 1. The van der Waals surface area contributed by atoms with Crippen LogP contribution >= 0.6 is 22.9 Å². The molecule has 2 fully saturated rings. The number of rotatable bonds is 7. The summed E-state index contributed by atoms with van der Waals surface area (Å²) in [6.45, 7) is 5.41. The number of benzene rings is 1.